The first-order chi connectivity index (χ1) is 22.7. The number of alkyl halides is 1. The van der Waals surface area contributed by atoms with E-state index >= 15 is 4.39 Å². The number of ether oxygens (including phenoxy) is 2. The van der Waals surface area contributed by atoms with Crippen molar-refractivity contribution in [1.29, 1.82) is 0 Å². The van der Waals surface area contributed by atoms with Crippen LogP contribution in [0.25, 0.3) is 32.9 Å². The first-order valence-corrected chi connectivity index (χ1v) is 15.9. The molecule has 2 unspecified atom stereocenters. The second-order valence-electron chi connectivity index (χ2n) is 12.3. The van der Waals surface area contributed by atoms with Gasteiger partial charge in [0.25, 0.3) is 0 Å². The van der Waals surface area contributed by atoms with E-state index in [1.165, 1.54) is 24.3 Å². The van der Waals surface area contributed by atoms with Gasteiger partial charge in [-0.1, -0.05) is 38.0 Å². The summed E-state index contributed by atoms with van der Waals surface area (Å²) in [5.41, 5.74) is 0.0985. The van der Waals surface area contributed by atoms with E-state index in [-0.39, 0.29) is 70.0 Å². The van der Waals surface area contributed by atoms with Crippen molar-refractivity contribution in [2.24, 2.45) is 0 Å². The van der Waals surface area contributed by atoms with Gasteiger partial charge >= 0.3 is 6.01 Å². The van der Waals surface area contributed by atoms with Crippen molar-refractivity contribution in [2.45, 2.75) is 44.4 Å². The fourth-order valence-electron chi connectivity index (χ4n) is 7.42. The lowest BCUT2D eigenvalue weighted by atomic mass is 9.93. The standard InChI is InChI=1S/C33H29F3N6O3.C2H6/c1-3-22-24(35)5-4-18-8-21(43)9-23(25(18)22)28-27(36)29-26-30(42-7-6-37-12-20(42)15-44-31(26)38-28)40-32(39-29)45-16-33-10-17(2)13-41(33)14-19(34)11-33;1-2/h1,4-5,8-9,19-20,37,43H,2,6-7,10-16H2;1-2H3/t19?,20-,33?;/m0./s1. The monoisotopic (exact) mass is 644 g/mol. The lowest BCUT2D eigenvalue weighted by Gasteiger charge is -2.35. The van der Waals surface area contributed by atoms with Gasteiger partial charge in [0, 0.05) is 50.1 Å². The molecule has 0 saturated carbocycles. The number of aromatic hydroxyl groups is 1. The topological polar surface area (TPSA) is 95.9 Å². The highest BCUT2D eigenvalue weighted by atomic mass is 19.1. The fraction of sp³-hybridized carbons (Fsp3) is 0.400. The first-order valence-electron chi connectivity index (χ1n) is 15.9. The van der Waals surface area contributed by atoms with Crippen molar-refractivity contribution in [3.63, 3.8) is 0 Å². The van der Waals surface area contributed by atoms with Crippen LogP contribution in [0.2, 0.25) is 0 Å². The molecule has 8 rings (SSSR count). The summed E-state index contributed by atoms with van der Waals surface area (Å²) in [5, 5.41) is 14.8. The van der Waals surface area contributed by atoms with Crippen molar-refractivity contribution in [3.8, 4) is 41.2 Å². The maximum atomic E-state index is 16.9. The quantitative estimate of drug-likeness (QED) is 0.232. The summed E-state index contributed by atoms with van der Waals surface area (Å²) in [6, 6.07) is 5.18. The Morgan fingerprint density at radius 2 is 2.04 bits per heavy atom. The Morgan fingerprint density at radius 3 is 2.85 bits per heavy atom. The Hall–Kier alpha value is -4.60. The average molecular weight is 645 g/mol. The SMILES string of the molecule is C#Cc1c(F)ccc2cc(O)cc(-c3nc4c5c(nc(OCC67CC(=C)CN6CC(F)C7)nc5c3F)N3CCNC[C@H]3CO4)c12.CC. The van der Waals surface area contributed by atoms with Crippen LogP contribution in [0.4, 0.5) is 19.0 Å². The van der Waals surface area contributed by atoms with E-state index in [0.29, 0.717) is 56.8 Å². The highest BCUT2D eigenvalue weighted by Crippen LogP contribution is 2.45. The normalized spacial score (nSPS) is 23.4. The number of hydrogen-bond donors (Lipinski definition) is 2. The Kier molecular flexibility index (Phi) is 7.85. The molecule has 0 radical (unpaired) electrons. The second-order valence-corrected chi connectivity index (χ2v) is 12.3. The molecule has 3 fully saturated rings. The number of aromatic nitrogens is 3. The van der Waals surface area contributed by atoms with Gasteiger partial charge in [-0.15, -0.1) is 6.42 Å². The van der Waals surface area contributed by atoms with Gasteiger partial charge in [0.15, 0.2) is 5.82 Å². The maximum Gasteiger partial charge on any atom is 0.319 e. The van der Waals surface area contributed by atoms with Crippen LogP contribution in [0.3, 0.4) is 0 Å². The smallest absolute Gasteiger partial charge is 0.319 e. The molecule has 0 spiro atoms. The average Bonchev–Trinajstić information content (AvgIpc) is 3.47. The summed E-state index contributed by atoms with van der Waals surface area (Å²) >= 11 is 0. The fourth-order valence-corrected chi connectivity index (χ4v) is 7.42. The van der Waals surface area contributed by atoms with Crippen LogP contribution in [0.15, 0.2) is 36.4 Å². The second kappa shape index (κ2) is 11.9. The summed E-state index contributed by atoms with van der Waals surface area (Å²) in [6.07, 6.45) is 5.60. The zero-order chi connectivity index (χ0) is 33.0. The molecule has 4 aliphatic rings. The Balaban J connectivity index is 0.00000172. The molecule has 2 aromatic heterocycles. The minimum Gasteiger partial charge on any atom is -0.508 e. The molecule has 47 heavy (non-hydrogen) atoms. The van der Waals surface area contributed by atoms with Crippen LogP contribution in [0.1, 0.15) is 32.3 Å². The summed E-state index contributed by atoms with van der Waals surface area (Å²) in [4.78, 5) is 18.0. The molecule has 244 valence electrons. The number of fused-ring (bicyclic) bond motifs is 4. The lowest BCUT2D eigenvalue weighted by molar-refractivity contribution is 0.107. The van der Waals surface area contributed by atoms with Crippen LogP contribution < -0.4 is 19.7 Å². The molecule has 0 aliphatic carbocycles. The van der Waals surface area contributed by atoms with E-state index in [1.54, 1.807) is 0 Å². The molecule has 2 N–H and O–H groups in total. The third kappa shape index (κ3) is 5.09. The van der Waals surface area contributed by atoms with Crippen LogP contribution in [-0.2, 0) is 0 Å². The number of terminal acetylenes is 1. The van der Waals surface area contributed by atoms with E-state index in [0.717, 1.165) is 5.57 Å². The number of nitrogens with one attached hydrogen (secondary N) is 1. The van der Waals surface area contributed by atoms with E-state index in [4.69, 9.17) is 20.9 Å². The van der Waals surface area contributed by atoms with Crippen molar-refractivity contribution in [2.75, 3.05) is 50.8 Å². The molecule has 12 heteroatoms. The number of anilines is 1. The van der Waals surface area contributed by atoms with E-state index in [2.05, 4.69) is 27.8 Å². The maximum absolute atomic E-state index is 16.9. The largest absolute Gasteiger partial charge is 0.508 e. The van der Waals surface area contributed by atoms with Gasteiger partial charge in [-0.05, 0) is 30.0 Å². The number of hydrogen-bond acceptors (Lipinski definition) is 9. The summed E-state index contributed by atoms with van der Waals surface area (Å²) in [6.45, 7) is 11.2. The van der Waals surface area contributed by atoms with Gasteiger partial charge < -0.3 is 24.8 Å². The number of phenolic OH excluding ortho intramolecular Hbond substituents is 1. The van der Waals surface area contributed by atoms with Crippen LogP contribution >= 0.6 is 0 Å². The minimum atomic E-state index is -0.980. The molecule has 6 heterocycles. The molecule has 2 aromatic carbocycles. The number of piperazine rings is 1. The third-order valence-electron chi connectivity index (χ3n) is 9.35. The van der Waals surface area contributed by atoms with E-state index in [9.17, 15) is 13.9 Å². The summed E-state index contributed by atoms with van der Waals surface area (Å²) < 4.78 is 58.7. The molecule has 9 nitrogen and oxygen atoms in total. The molecule has 4 aromatic rings. The number of benzene rings is 2. The summed E-state index contributed by atoms with van der Waals surface area (Å²) in [5.74, 6) is 1.20. The Morgan fingerprint density at radius 1 is 1.21 bits per heavy atom. The molecule has 3 atom stereocenters. The lowest BCUT2D eigenvalue weighted by Crippen LogP contribution is -2.53. The number of nitrogens with zero attached hydrogens (tertiary/aromatic N) is 5. The van der Waals surface area contributed by atoms with Crippen LogP contribution in [-0.4, -0.2) is 88.6 Å². The number of halogens is 3. The molecular weight excluding hydrogens is 609 g/mol. The van der Waals surface area contributed by atoms with Crippen molar-refractivity contribution in [3.05, 3.63) is 53.6 Å². The predicted molar refractivity (Wildman–Crippen MR) is 174 cm³/mol. The van der Waals surface area contributed by atoms with Gasteiger partial charge in [-0.25, -0.2) is 18.2 Å². The van der Waals surface area contributed by atoms with Crippen molar-refractivity contribution >= 4 is 27.5 Å². The predicted octanol–water partition coefficient (Wildman–Crippen LogP) is 5.13. The molecule has 0 bridgehead atoms. The zero-order valence-corrected chi connectivity index (χ0v) is 26.2. The van der Waals surface area contributed by atoms with E-state index < -0.39 is 23.3 Å². The third-order valence-corrected chi connectivity index (χ3v) is 9.35. The number of phenols is 1. The Bertz CT molecular complexity index is 1970. The van der Waals surface area contributed by atoms with Crippen molar-refractivity contribution in [1.82, 2.24) is 25.2 Å². The molecule has 4 aliphatic heterocycles. The number of pyridine rings is 1. The van der Waals surface area contributed by atoms with Gasteiger partial charge in [0.2, 0.25) is 5.88 Å². The summed E-state index contributed by atoms with van der Waals surface area (Å²) in [7, 11) is 0. The van der Waals surface area contributed by atoms with Crippen LogP contribution in [0.5, 0.6) is 17.6 Å². The van der Waals surface area contributed by atoms with Gasteiger partial charge in [-0.3, -0.25) is 4.90 Å². The van der Waals surface area contributed by atoms with Gasteiger partial charge in [0.1, 0.15) is 53.4 Å². The highest BCUT2D eigenvalue weighted by Gasteiger charge is 2.51. The first kappa shape index (κ1) is 31.0. The molecule has 0 amide bonds. The highest BCUT2D eigenvalue weighted by molar-refractivity contribution is 6.04. The van der Waals surface area contributed by atoms with Gasteiger partial charge in [0.05, 0.1) is 17.1 Å². The van der Waals surface area contributed by atoms with Gasteiger partial charge in [-0.2, -0.15) is 9.97 Å². The zero-order valence-electron chi connectivity index (χ0n) is 26.2. The van der Waals surface area contributed by atoms with Crippen LogP contribution in [0, 0.1) is 24.0 Å². The van der Waals surface area contributed by atoms with E-state index in [1.807, 2.05) is 23.6 Å². The van der Waals surface area contributed by atoms with Crippen molar-refractivity contribution < 1.29 is 27.8 Å². The number of rotatable bonds is 4. The molecule has 3 saturated heterocycles. The Labute approximate surface area is 270 Å². The molecular formula is C35H35F3N6O3. The minimum absolute atomic E-state index is 0.0658.